The Hall–Kier alpha value is -2.14. The third-order valence-electron chi connectivity index (χ3n) is 3.06. The lowest BCUT2D eigenvalue weighted by Crippen LogP contribution is -2.18. The number of nitrogens with one attached hydrogen (secondary N) is 1. The summed E-state index contributed by atoms with van der Waals surface area (Å²) in [6, 6.07) is 11.6. The van der Waals surface area contributed by atoms with Gasteiger partial charge in [-0.05, 0) is 36.8 Å². The molecule has 1 aromatic heterocycles. The maximum absolute atomic E-state index is 11.2. The first kappa shape index (κ1) is 15.3. The molecule has 2 aromatic rings. The topological polar surface area (TPSA) is 109 Å². The van der Waals surface area contributed by atoms with E-state index >= 15 is 0 Å². The minimum Gasteiger partial charge on any atom is -0.449 e. The Morgan fingerprint density at radius 3 is 2.48 bits per heavy atom. The molecular weight excluding hydrogens is 290 g/mol. The standard InChI is InChI=1S/C14H15N3O3S/c1-10(17-9-13-5-4-12(8-15)20-13)11-2-6-14(7-3-11)21(16,18)19/h2-7,10,17H,9H2,1H3,(H2,16,18,19). The number of hydrogen-bond donors (Lipinski definition) is 2. The molecule has 0 saturated carbocycles. The van der Waals surface area contributed by atoms with E-state index in [2.05, 4.69) is 5.32 Å². The number of nitrogens with two attached hydrogens (primary N) is 1. The van der Waals surface area contributed by atoms with E-state index in [1.807, 2.05) is 13.0 Å². The van der Waals surface area contributed by atoms with Crippen molar-refractivity contribution in [3.63, 3.8) is 0 Å². The van der Waals surface area contributed by atoms with E-state index in [9.17, 15) is 8.42 Å². The zero-order chi connectivity index (χ0) is 15.5. The highest BCUT2D eigenvalue weighted by Crippen LogP contribution is 2.16. The van der Waals surface area contributed by atoms with Gasteiger partial charge >= 0.3 is 0 Å². The molecule has 0 amide bonds. The largest absolute Gasteiger partial charge is 0.449 e. The maximum atomic E-state index is 11.2. The zero-order valence-corrected chi connectivity index (χ0v) is 12.2. The third-order valence-corrected chi connectivity index (χ3v) is 3.99. The van der Waals surface area contributed by atoms with E-state index in [4.69, 9.17) is 14.8 Å². The summed E-state index contributed by atoms with van der Waals surface area (Å²) in [5.74, 6) is 0.941. The van der Waals surface area contributed by atoms with Crippen molar-refractivity contribution in [2.75, 3.05) is 0 Å². The molecule has 0 aliphatic carbocycles. The average Bonchev–Trinajstić information content (AvgIpc) is 2.92. The molecule has 110 valence electrons. The van der Waals surface area contributed by atoms with Gasteiger partial charge in [0.25, 0.3) is 0 Å². The highest BCUT2D eigenvalue weighted by molar-refractivity contribution is 7.89. The molecule has 1 unspecified atom stereocenters. The predicted octanol–water partition coefficient (Wildman–Crippen LogP) is 1.65. The van der Waals surface area contributed by atoms with Crippen LogP contribution in [-0.4, -0.2) is 8.42 Å². The van der Waals surface area contributed by atoms with Crippen LogP contribution in [0.1, 0.15) is 30.0 Å². The van der Waals surface area contributed by atoms with Crippen molar-refractivity contribution in [1.82, 2.24) is 5.32 Å². The molecule has 1 aromatic carbocycles. The van der Waals surface area contributed by atoms with Gasteiger partial charge in [0.15, 0.2) is 0 Å². The van der Waals surface area contributed by atoms with Crippen molar-refractivity contribution in [3.8, 4) is 6.07 Å². The molecule has 7 heteroatoms. The SMILES string of the molecule is CC(NCc1ccc(C#N)o1)c1ccc(S(N)(=O)=O)cc1. The number of nitrogens with zero attached hydrogens (tertiary/aromatic N) is 1. The second-order valence-corrected chi connectivity index (χ2v) is 6.16. The minimum atomic E-state index is -3.67. The summed E-state index contributed by atoms with van der Waals surface area (Å²) in [4.78, 5) is 0.0862. The molecule has 0 saturated heterocycles. The first-order valence-electron chi connectivity index (χ1n) is 6.25. The first-order chi connectivity index (χ1) is 9.90. The van der Waals surface area contributed by atoms with Crippen molar-refractivity contribution >= 4 is 10.0 Å². The first-order valence-corrected chi connectivity index (χ1v) is 7.80. The van der Waals surface area contributed by atoms with Crippen LogP contribution in [0, 0.1) is 11.3 Å². The lowest BCUT2D eigenvalue weighted by molar-refractivity contribution is 0.453. The molecule has 21 heavy (non-hydrogen) atoms. The van der Waals surface area contributed by atoms with Crippen LogP contribution in [-0.2, 0) is 16.6 Å². The Morgan fingerprint density at radius 2 is 1.95 bits per heavy atom. The molecule has 0 radical (unpaired) electrons. The predicted molar refractivity (Wildman–Crippen MR) is 76.5 cm³/mol. The van der Waals surface area contributed by atoms with Crippen molar-refractivity contribution < 1.29 is 12.8 Å². The Morgan fingerprint density at radius 1 is 1.29 bits per heavy atom. The number of benzene rings is 1. The number of hydrogen-bond acceptors (Lipinski definition) is 5. The second-order valence-electron chi connectivity index (χ2n) is 4.59. The average molecular weight is 305 g/mol. The summed E-state index contributed by atoms with van der Waals surface area (Å²) < 4.78 is 27.6. The summed E-state index contributed by atoms with van der Waals surface area (Å²) in [6.45, 7) is 2.42. The fraction of sp³-hybridized carbons (Fsp3) is 0.214. The third kappa shape index (κ3) is 3.92. The minimum absolute atomic E-state index is 0.00448. The smallest absolute Gasteiger partial charge is 0.238 e. The van der Waals surface area contributed by atoms with Gasteiger partial charge in [0.1, 0.15) is 11.8 Å². The number of furan rings is 1. The molecular formula is C14H15N3O3S. The monoisotopic (exact) mass is 305 g/mol. The molecule has 1 heterocycles. The van der Waals surface area contributed by atoms with E-state index in [0.29, 0.717) is 12.3 Å². The van der Waals surface area contributed by atoms with Crippen LogP contribution in [0.15, 0.2) is 45.7 Å². The normalized spacial score (nSPS) is 12.8. The molecule has 1 atom stereocenters. The fourth-order valence-corrected chi connectivity index (χ4v) is 2.37. The van der Waals surface area contributed by atoms with Crippen LogP contribution < -0.4 is 10.5 Å². The lowest BCUT2D eigenvalue weighted by atomic mass is 10.1. The van der Waals surface area contributed by atoms with Gasteiger partial charge in [0, 0.05) is 6.04 Å². The molecule has 0 spiro atoms. The Labute approximate surface area is 123 Å². The maximum Gasteiger partial charge on any atom is 0.238 e. The van der Waals surface area contributed by atoms with E-state index in [-0.39, 0.29) is 16.7 Å². The van der Waals surface area contributed by atoms with Crippen LogP contribution in [0.25, 0.3) is 0 Å². The fourth-order valence-electron chi connectivity index (χ4n) is 1.85. The lowest BCUT2D eigenvalue weighted by Gasteiger charge is -2.13. The number of rotatable bonds is 5. The molecule has 0 aliphatic heterocycles. The van der Waals surface area contributed by atoms with Crippen LogP contribution in [0.4, 0.5) is 0 Å². The van der Waals surface area contributed by atoms with Crippen molar-refractivity contribution in [1.29, 1.82) is 5.26 Å². The van der Waals surface area contributed by atoms with Crippen LogP contribution >= 0.6 is 0 Å². The highest BCUT2D eigenvalue weighted by atomic mass is 32.2. The van der Waals surface area contributed by atoms with E-state index in [1.54, 1.807) is 24.3 Å². The van der Waals surface area contributed by atoms with Gasteiger partial charge in [0.05, 0.1) is 11.4 Å². The molecule has 6 nitrogen and oxygen atoms in total. The Bertz CT molecular complexity index is 758. The number of nitriles is 1. The van der Waals surface area contributed by atoms with Gasteiger partial charge in [0.2, 0.25) is 15.8 Å². The van der Waals surface area contributed by atoms with E-state index in [0.717, 1.165) is 5.56 Å². The molecule has 0 fully saturated rings. The molecule has 0 bridgehead atoms. The Kier molecular flexibility index (Phi) is 4.43. The van der Waals surface area contributed by atoms with Crippen molar-refractivity contribution in [2.24, 2.45) is 5.14 Å². The summed E-state index contributed by atoms with van der Waals surface area (Å²) in [7, 11) is -3.67. The Balaban J connectivity index is 2.00. The van der Waals surface area contributed by atoms with Gasteiger partial charge in [-0.25, -0.2) is 13.6 Å². The van der Waals surface area contributed by atoms with Crippen LogP contribution in [0.3, 0.4) is 0 Å². The molecule has 0 aliphatic rings. The van der Waals surface area contributed by atoms with Crippen molar-refractivity contribution in [2.45, 2.75) is 24.4 Å². The summed E-state index contributed by atoms with van der Waals surface area (Å²) in [6.07, 6.45) is 0. The van der Waals surface area contributed by atoms with Gasteiger partial charge in [-0.3, -0.25) is 0 Å². The molecule has 2 rings (SSSR count). The van der Waals surface area contributed by atoms with Gasteiger partial charge in [-0.1, -0.05) is 12.1 Å². The second kappa shape index (κ2) is 6.10. The summed E-state index contributed by atoms with van der Waals surface area (Å²) in [5.41, 5.74) is 0.925. The quantitative estimate of drug-likeness (QED) is 0.873. The number of primary sulfonamides is 1. The highest BCUT2D eigenvalue weighted by Gasteiger charge is 2.10. The van der Waals surface area contributed by atoms with Gasteiger partial charge in [-0.15, -0.1) is 0 Å². The molecule has 3 N–H and O–H groups in total. The number of sulfonamides is 1. The van der Waals surface area contributed by atoms with Crippen LogP contribution in [0.2, 0.25) is 0 Å². The van der Waals surface area contributed by atoms with E-state index < -0.39 is 10.0 Å². The summed E-state index contributed by atoms with van der Waals surface area (Å²) >= 11 is 0. The van der Waals surface area contributed by atoms with E-state index in [1.165, 1.54) is 12.1 Å². The van der Waals surface area contributed by atoms with Crippen LogP contribution in [0.5, 0.6) is 0 Å². The zero-order valence-electron chi connectivity index (χ0n) is 11.4. The van der Waals surface area contributed by atoms with Gasteiger partial charge in [-0.2, -0.15) is 5.26 Å². The van der Waals surface area contributed by atoms with Gasteiger partial charge < -0.3 is 9.73 Å². The van der Waals surface area contributed by atoms with Crippen molar-refractivity contribution in [3.05, 3.63) is 53.5 Å². The summed E-state index contributed by atoms with van der Waals surface area (Å²) in [5, 5.41) is 17.0.